The Morgan fingerprint density at radius 2 is 1.12 bits per heavy atom. The number of hydrogen-bond acceptors (Lipinski definition) is 3. The molecule has 1 saturated carbocycles. The first-order chi connectivity index (χ1) is 15.9. The summed E-state index contributed by atoms with van der Waals surface area (Å²) in [5.74, 6) is -0.344. The largest absolute Gasteiger partial charge is 0.481 e. The predicted octanol–water partition coefficient (Wildman–Crippen LogP) is 8.71. The van der Waals surface area contributed by atoms with Crippen molar-refractivity contribution < 1.29 is 19.4 Å². The molecule has 4 nitrogen and oxygen atoms in total. The van der Waals surface area contributed by atoms with E-state index in [-0.39, 0.29) is 23.9 Å². The van der Waals surface area contributed by atoms with Gasteiger partial charge in [0.1, 0.15) is 6.10 Å². The molecule has 1 N–H and O–H groups in total. The van der Waals surface area contributed by atoms with Gasteiger partial charge in [-0.1, -0.05) is 97.8 Å². The maximum Gasteiger partial charge on any atom is 0.309 e. The lowest BCUT2D eigenvalue weighted by molar-refractivity contribution is -0.158. The first-order valence-electron chi connectivity index (χ1n) is 14.4. The fraction of sp³-hybridized carbons (Fsp3) is 0.931. The molecule has 1 rings (SSSR count). The van der Waals surface area contributed by atoms with E-state index in [4.69, 9.17) is 4.74 Å². The molecule has 0 amide bonds. The molecule has 4 heteroatoms. The molecule has 1 atom stereocenters. The molecule has 33 heavy (non-hydrogen) atoms. The maximum absolute atomic E-state index is 12.8. The van der Waals surface area contributed by atoms with Gasteiger partial charge >= 0.3 is 11.9 Å². The van der Waals surface area contributed by atoms with E-state index in [9.17, 15) is 14.7 Å². The fourth-order valence-corrected chi connectivity index (χ4v) is 5.06. The van der Waals surface area contributed by atoms with Gasteiger partial charge in [0.25, 0.3) is 0 Å². The Labute approximate surface area is 204 Å². The van der Waals surface area contributed by atoms with Crippen molar-refractivity contribution in [3.8, 4) is 0 Å². The molecular formula is C29H54O4. The van der Waals surface area contributed by atoms with Crippen LogP contribution in [0.5, 0.6) is 0 Å². The van der Waals surface area contributed by atoms with E-state index in [1.165, 1.54) is 77.0 Å². The minimum absolute atomic E-state index is 0.0481. The number of carboxylic acid groups (broad SMARTS) is 1. The Morgan fingerprint density at radius 1 is 0.697 bits per heavy atom. The zero-order valence-electron chi connectivity index (χ0n) is 22.1. The van der Waals surface area contributed by atoms with Crippen molar-refractivity contribution >= 4 is 11.9 Å². The van der Waals surface area contributed by atoms with Crippen molar-refractivity contribution in [3.05, 3.63) is 0 Å². The van der Waals surface area contributed by atoms with Gasteiger partial charge in [0, 0.05) is 0 Å². The van der Waals surface area contributed by atoms with E-state index in [0.717, 1.165) is 31.6 Å². The van der Waals surface area contributed by atoms with Gasteiger partial charge in [0.05, 0.1) is 11.8 Å². The highest BCUT2D eigenvalue weighted by atomic mass is 16.5. The van der Waals surface area contributed by atoms with Crippen molar-refractivity contribution in [2.45, 2.75) is 155 Å². The van der Waals surface area contributed by atoms with Crippen LogP contribution in [-0.2, 0) is 14.3 Å². The van der Waals surface area contributed by atoms with E-state index in [1.54, 1.807) is 0 Å². The first kappa shape index (κ1) is 30.0. The van der Waals surface area contributed by atoms with Crippen LogP contribution in [0, 0.1) is 17.8 Å². The smallest absolute Gasteiger partial charge is 0.309 e. The Hall–Kier alpha value is -1.06. The molecule has 0 aliphatic heterocycles. The second-order valence-electron chi connectivity index (χ2n) is 10.9. The summed E-state index contributed by atoms with van der Waals surface area (Å²) in [7, 11) is 0. The lowest BCUT2D eigenvalue weighted by Gasteiger charge is -2.27. The Kier molecular flexibility index (Phi) is 17.5. The summed E-state index contributed by atoms with van der Waals surface area (Å²) in [6.07, 6.45) is 22.5. The van der Waals surface area contributed by atoms with Crippen LogP contribution in [0.1, 0.15) is 149 Å². The van der Waals surface area contributed by atoms with Crippen molar-refractivity contribution in [3.63, 3.8) is 0 Å². The van der Waals surface area contributed by atoms with Crippen molar-refractivity contribution in [2.24, 2.45) is 17.8 Å². The SMILES string of the molecule is CCCCCCCCC(CCCCCCCCCC(C)C)OC(=O)C1CCC(C(=O)O)CC1. The molecule has 0 heterocycles. The summed E-state index contributed by atoms with van der Waals surface area (Å²) < 4.78 is 6.01. The summed E-state index contributed by atoms with van der Waals surface area (Å²) >= 11 is 0. The van der Waals surface area contributed by atoms with Crippen LogP contribution in [0.2, 0.25) is 0 Å². The second kappa shape index (κ2) is 19.3. The summed E-state index contributed by atoms with van der Waals surface area (Å²) in [5.41, 5.74) is 0. The van der Waals surface area contributed by atoms with Gasteiger partial charge in [0.2, 0.25) is 0 Å². The molecule has 0 aromatic heterocycles. The van der Waals surface area contributed by atoms with Gasteiger partial charge in [0.15, 0.2) is 0 Å². The quantitative estimate of drug-likeness (QED) is 0.144. The average Bonchev–Trinajstić information content (AvgIpc) is 2.79. The van der Waals surface area contributed by atoms with Crippen LogP contribution in [-0.4, -0.2) is 23.1 Å². The Balaban J connectivity index is 2.30. The van der Waals surface area contributed by atoms with Gasteiger partial charge in [-0.15, -0.1) is 0 Å². The molecular weight excluding hydrogens is 412 g/mol. The summed E-state index contributed by atoms with van der Waals surface area (Å²) in [6, 6.07) is 0. The molecule has 1 fully saturated rings. The maximum atomic E-state index is 12.8. The molecule has 1 aliphatic rings. The van der Waals surface area contributed by atoms with Gasteiger partial charge in [-0.05, 0) is 57.3 Å². The molecule has 0 aromatic rings. The van der Waals surface area contributed by atoms with E-state index < -0.39 is 5.97 Å². The molecule has 0 aromatic carbocycles. The Bertz CT molecular complexity index is 494. The molecule has 1 aliphatic carbocycles. The van der Waals surface area contributed by atoms with Crippen LogP contribution in [0.3, 0.4) is 0 Å². The zero-order valence-corrected chi connectivity index (χ0v) is 22.1. The minimum atomic E-state index is -0.720. The number of carboxylic acids is 1. The third kappa shape index (κ3) is 15.5. The number of unbranched alkanes of at least 4 members (excludes halogenated alkanes) is 11. The number of ether oxygens (including phenoxy) is 1. The Morgan fingerprint density at radius 3 is 1.58 bits per heavy atom. The van der Waals surface area contributed by atoms with E-state index in [0.29, 0.717) is 25.7 Å². The molecule has 0 radical (unpaired) electrons. The number of rotatable bonds is 20. The fourth-order valence-electron chi connectivity index (χ4n) is 5.06. The number of hydrogen-bond donors (Lipinski definition) is 1. The van der Waals surface area contributed by atoms with Crippen LogP contribution < -0.4 is 0 Å². The van der Waals surface area contributed by atoms with Crippen LogP contribution >= 0.6 is 0 Å². The highest BCUT2D eigenvalue weighted by Gasteiger charge is 2.31. The summed E-state index contributed by atoms with van der Waals surface area (Å²) in [5, 5.41) is 9.19. The van der Waals surface area contributed by atoms with Gasteiger partial charge in [-0.3, -0.25) is 9.59 Å². The van der Waals surface area contributed by atoms with Crippen LogP contribution in [0.15, 0.2) is 0 Å². The lowest BCUT2D eigenvalue weighted by atomic mass is 9.82. The predicted molar refractivity (Wildman–Crippen MR) is 137 cm³/mol. The number of carbonyl (C=O) groups is 2. The van der Waals surface area contributed by atoms with Gasteiger partial charge in [-0.25, -0.2) is 0 Å². The molecule has 0 bridgehead atoms. The van der Waals surface area contributed by atoms with Gasteiger partial charge in [-0.2, -0.15) is 0 Å². The number of esters is 1. The third-order valence-corrected chi connectivity index (χ3v) is 7.38. The topological polar surface area (TPSA) is 63.6 Å². The van der Waals surface area contributed by atoms with Crippen molar-refractivity contribution in [2.75, 3.05) is 0 Å². The number of carbonyl (C=O) groups excluding carboxylic acids is 1. The standard InChI is InChI=1S/C29H54O4/c1-4-5-6-7-12-15-18-27(19-16-13-10-8-9-11-14-17-24(2)3)33-29(32)26-22-20-25(21-23-26)28(30)31/h24-27H,4-23H2,1-3H3,(H,30,31). The average molecular weight is 467 g/mol. The molecule has 1 unspecified atom stereocenters. The summed E-state index contributed by atoms with van der Waals surface area (Å²) in [4.78, 5) is 23.9. The minimum Gasteiger partial charge on any atom is -0.481 e. The van der Waals surface area contributed by atoms with E-state index >= 15 is 0 Å². The van der Waals surface area contributed by atoms with Crippen LogP contribution in [0.4, 0.5) is 0 Å². The molecule has 0 saturated heterocycles. The van der Waals surface area contributed by atoms with Gasteiger partial charge < -0.3 is 9.84 Å². The van der Waals surface area contributed by atoms with Crippen LogP contribution in [0.25, 0.3) is 0 Å². The van der Waals surface area contributed by atoms with Crippen molar-refractivity contribution in [1.82, 2.24) is 0 Å². The van der Waals surface area contributed by atoms with E-state index in [2.05, 4.69) is 20.8 Å². The zero-order chi connectivity index (χ0) is 24.3. The first-order valence-corrected chi connectivity index (χ1v) is 14.4. The lowest BCUT2D eigenvalue weighted by Crippen LogP contribution is -2.29. The molecule has 194 valence electrons. The van der Waals surface area contributed by atoms with E-state index in [1.807, 2.05) is 0 Å². The van der Waals surface area contributed by atoms with Crippen molar-refractivity contribution in [1.29, 1.82) is 0 Å². The highest BCUT2D eigenvalue weighted by Crippen LogP contribution is 2.30. The molecule has 0 spiro atoms. The number of aliphatic carboxylic acids is 1. The monoisotopic (exact) mass is 466 g/mol. The highest BCUT2D eigenvalue weighted by molar-refractivity contribution is 5.74. The second-order valence-corrected chi connectivity index (χ2v) is 10.9. The third-order valence-electron chi connectivity index (χ3n) is 7.38. The normalized spacial score (nSPS) is 19.5. The summed E-state index contributed by atoms with van der Waals surface area (Å²) in [6.45, 7) is 6.84.